The molecule has 1 aromatic rings. The third-order valence-electron chi connectivity index (χ3n) is 3.30. The molecule has 5 nitrogen and oxygen atoms in total. The molecule has 1 aliphatic heterocycles. The summed E-state index contributed by atoms with van der Waals surface area (Å²) in [6, 6.07) is 1.78. The predicted molar refractivity (Wildman–Crippen MR) is 79.0 cm³/mol. The van der Waals surface area contributed by atoms with E-state index in [2.05, 4.69) is 11.9 Å². The Hall–Kier alpha value is -1.66. The summed E-state index contributed by atoms with van der Waals surface area (Å²) in [6.07, 6.45) is 3.51. The maximum atomic E-state index is 12.5. The molecular formula is C14H18N2O3S. The highest BCUT2D eigenvalue weighted by Crippen LogP contribution is 2.21. The van der Waals surface area contributed by atoms with Crippen LogP contribution in [0.15, 0.2) is 17.5 Å². The highest BCUT2D eigenvalue weighted by atomic mass is 32.1. The maximum absolute atomic E-state index is 12.5. The quantitative estimate of drug-likeness (QED) is 0.861. The molecule has 20 heavy (non-hydrogen) atoms. The van der Waals surface area contributed by atoms with Crippen LogP contribution in [0, 0.1) is 0 Å². The van der Waals surface area contributed by atoms with Gasteiger partial charge in [0.15, 0.2) is 0 Å². The second-order valence-electron chi connectivity index (χ2n) is 4.83. The molecule has 108 valence electrons. The highest BCUT2D eigenvalue weighted by Gasteiger charge is 2.21. The van der Waals surface area contributed by atoms with Crippen molar-refractivity contribution in [3.8, 4) is 0 Å². The Balaban J connectivity index is 2.13. The number of hydrogen-bond donors (Lipinski definition) is 1. The molecule has 1 N–H and O–H groups in total. The molecule has 0 saturated carbocycles. The molecule has 0 radical (unpaired) electrons. The van der Waals surface area contributed by atoms with Crippen molar-refractivity contribution in [2.24, 2.45) is 0 Å². The summed E-state index contributed by atoms with van der Waals surface area (Å²) >= 11 is 1.36. The number of carbonyl (C=O) groups is 2. The van der Waals surface area contributed by atoms with Crippen molar-refractivity contribution in [3.63, 3.8) is 0 Å². The molecule has 0 atom stereocenters. The van der Waals surface area contributed by atoms with Crippen molar-refractivity contribution >= 4 is 29.3 Å². The van der Waals surface area contributed by atoms with Crippen LogP contribution in [0.3, 0.4) is 0 Å². The van der Waals surface area contributed by atoms with Gasteiger partial charge in [-0.05, 0) is 43.1 Å². The normalized spacial score (nSPS) is 17.4. The molecular weight excluding hydrogens is 276 g/mol. The molecule has 0 spiro atoms. The lowest BCUT2D eigenvalue weighted by Gasteiger charge is -2.20. The third kappa shape index (κ3) is 3.68. The lowest BCUT2D eigenvalue weighted by molar-refractivity contribution is -0.131. The minimum absolute atomic E-state index is 0.000314. The highest BCUT2D eigenvalue weighted by molar-refractivity contribution is 7.12. The van der Waals surface area contributed by atoms with Crippen LogP contribution >= 0.6 is 11.3 Å². The van der Waals surface area contributed by atoms with Crippen molar-refractivity contribution in [1.29, 1.82) is 0 Å². The standard InChI is InChI=1S/C14H18N2O3S/c1-15-6-2-7-16(9-8-15)14(19)13-11(5-10-20-13)3-4-12(17)18/h3-5,10H,2,6-9H2,1H3,(H,17,18). The molecule has 2 rings (SSSR count). The maximum Gasteiger partial charge on any atom is 0.328 e. The van der Waals surface area contributed by atoms with Gasteiger partial charge in [0.1, 0.15) is 0 Å². The van der Waals surface area contributed by atoms with Gasteiger partial charge in [-0.15, -0.1) is 11.3 Å². The second kappa shape index (κ2) is 6.67. The Morgan fingerprint density at radius 1 is 1.30 bits per heavy atom. The molecule has 0 aliphatic carbocycles. The minimum Gasteiger partial charge on any atom is -0.478 e. The number of rotatable bonds is 3. The van der Waals surface area contributed by atoms with Gasteiger partial charge in [-0.2, -0.15) is 0 Å². The van der Waals surface area contributed by atoms with E-state index in [-0.39, 0.29) is 5.91 Å². The lowest BCUT2D eigenvalue weighted by atomic mass is 10.2. The van der Waals surface area contributed by atoms with Gasteiger partial charge in [-0.25, -0.2) is 4.79 Å². The van der Waals surface area contributed by atoms with Crippen LogP contribution in [-0.2, 0) is 4.79 Å². The first-order chi connectivity index (χ1) is 9.58. The lowest BCUT2D eigenvalue weighted by Crippen LogP contribution is -2.34. The van der Waals surface area contributed by atoms with Gasteiger partial charge < -0.3 is 14.9 Å². The summed E-state index contributed by atoms with van der Waals surface area (Å²) in [6.45, 7) is 3.34. The molecule has 1 aliphatic rings. The molecule has 1 aromatic heterocycles. The van der Waals surface area contributed by atoms with E-state index in [0.29, 0.717) is 10.4 Å². The summed E-state index contributed by atoms with van der Waals surface area (Å²) in [5, 5.41) is 10.5. The Morgan fingerprint density at radius 2 is 2.10 bits per heavy atom. The summed E-state index contributed by atoms with van der Waals surface area (Å²) in [4.78, 5) is 27.8. The number of aliphatic carboxylic acids is 1. The number of likely N-dealkylation sites (N-methyl/N-ethyl adjacent to an activating group) is 1. The van der Waals surface area contributed by atoms with Crippen molar-refractivity contribution in [3.05, 3.63) is 28.0 Å². The van der Waals surface area contributed by atoms with E-state index in [1.807, 2.05) is 10.3 Å². The van der Waals surface area contributed by atoms with Gasteiger partial charge >= 0.3 is 5.97 Å². The van der Waals surface area contributed by atoms with Gasteiger partial charge in [0.25, 0.3) is 5.91 Å². The topological polar surface area (TPSA) is 60.9 Å². The zero-order valence-corrected chi connectivity index (χ0v) is 12.2. The van der Waals surface area contributed by atoms with Crippen molar-refractivity contribution in [2.45, 2.75) is 6.42 Å². The number of carboxylic acids is 1. The third-order valence-corrected chi connectivity index (χ3v) is 4.22. The molecule has 1 amide bonds. The van der Waals surface area contributed by atoms with Crippen LogP contribution in [0.2, 0.25) is 0 Å². The monoisotopic (exact) mass is 294 g/mol. The fourth-order valence-corrected chi connectivity index (χ4v) is 3.03. The molecule has 6 heteroatoms. The Kier molecular flexibility index (Phi) is 4.92. The van der Waals surface area contributed by atoms with Gasteiger partial charge in [0.05, 0.1) is 4.88 Å². The largest absolute Gasteiger partial charge is 0.478 e. The summed E-state index contributed by atoms with van der Waals surface area (Å²) < 4.78 is 0. The van der Waals surface area contributed by atoms with Gasteiger partial charge in [-0.1, -0.05) is 0 Å². The molecule has 1 saturated heterocycles. The Labute approximate surface area is 122 Å². The summed E-state index contributed by atoms with van der Waals surface area (Å²) in [5.74, 6) is -1.01. The Morgan fingerprint density at radius 3 is 2.85 bits per heavy atom. The fourth-order valence-electron chi connectivity index (χ4n) is 2.18. The van der Waals surface area contributed by atoms with E-state index in [1.54, 1.807) is 6.07 Å². The first-order valence-electron chi connectivity index (χ1n) is 6.54. The van der Waals surface area contributed by atoms with Crippen molar-refractivity contribution in [2.75, 3.05) is 33.2 Å². The van der Waals surface area contributed by atoms with Gasteiger partial charge in [0.2, 0.25) is 0 Å². The summed E-state index contributed by atoms with van der Waals surface area (Å²) in [5.41, 5.74) is 0.681. The molecule has 1 fully saturated rings. The van der Waals surface area contributed by atoms with Crippen LogP contribution in [-0.4, -0.2) is 60.0 Å². The zero-order chi connectivity index (χ0) is 14.5. The Bertz CT molecular complexity index is 524. The van der Waals surface area contributed by atoms with E-state index in [4.69, 9.17) is 5.11 Å². The van der Waals surface area contributed by atoms with E-state index in [1.165, 1.54) is 17.4 Å². The van der Waals surface area contributed by atoms with Crippen LogP contribution in [0.25, 0.3) is 6.08 Å². The van der Waals surface area contributed by atoms with Crippen molar-refractivity contribution in [1.82, 2.24) is 9.80 Å². The number of amides is 1. The van der Waals surface area contributed by atoms with Crippen LogP contribution < -0.4 is 0 Å². The molecule has 0 bridgehead atoms. The number of thiophene rings is 1. The van der Waals surface area contributed by atoms with E-state index in [9.17, 15) is 9.59 Å². The van der Waals surface area contributed by atoms with E-state index in [0.717, 1.165) is 38.7 Å². The van der Waals surface area contributed by atoms with Crippen molar-refractivity contribution < 1.29 is 14.7 Å². The smallest absolute Gasteiger partial charge is 0.328 e. The van der Waals surface area contributed by atoms with Gasteiger partial charge in [-0.3, -0.25) is 4.79 Å². The SMILES string of the molecule is CN1CCCN(C(=O)c2sccc2C=CC(=O)O)CC1. The first-order valence-corrected chi connectivity index (χ1v) is 7.42. The average molecular weight is 294 g/mol. The van der Waals surface area contributed by atoms with Gasteiger partial charge in [0, 0.05) is 25.7 Å². The second-order valence-corrected chi connectivity index (χ2v) is 5.74. The van der Waals surface area contributed by atoms with E-state index < -0.39 is 5.97 Å². The van der Waals surface area contributed by atoms with Crippen LogP contribution in [0.4, 0.5) is 0 Å². The molecule has 0 unspecified atom stereocenters. The van der Waals surface area contributed by atoms with E-state index >= 15 is 0 Å². The average Bonchev–Trinajstić information content (AvgIpc) is 2.77. The molecule has 2 heterocycles. The zero-order valence-electron chi connectivity index (χ0n) is 11.4. The van der Waals surface area contributed by atoms with Crippen LogP contribution in [0.1, 0.15) is 21.7 Å². The summed E-state index contributed by atoms with van der Waals surface area (Å²) in [7, 11) is 2.06. The van der Waals surface area contributed by atoms with Crippen LogP contribution in [0.5, 0.6) is 0 Å². The number of carboxylic acid groups (broad SMARTS) is 1. The number of carbonyl (C=O) groups excluding carboxylic acids is 1. The number of hydrogen-bond acceptors (Lipinski definition) is 4. The fraction of sp³-hybridized carbons (Fsp3) is 0.429. The first kappa shape index (κ1) is 14.7. The molecule has 0 aromatic carbocycles. The minimum atomic E-state index is -1.01. The predicted octanol–water partition coefficient (Wildman–Crippen LogP) is 1.62. The number of nitrogens with zero attached hydrogens (tertiary/aromatic N) is 2.